The van der Waals surface area contributed by atoms with Gasteiger partial charge in [-0.15, -0.1) is 0 Å². The Morgan fingerprint density at radius 2 is 1.67 bits per heavy atom. The van der Waals surface area contributed by atoms with Crippen LogP contribution in [-0.2, 0) is 0 Å². The molecule has 2 saturated heterocycles. The Bertz CT molecular complexity index is 175. The van der Waals surface area contributed by atoms with Gasteiger partial charge in [0.2, 0.25) is 0 Å². The minimum atomic E-state index is 0.865. The van der Waals surface area contributed by atoms with E-state index in [4.69, 9.17) is 5.14 Å². The third kappa shape index (κ3) is 3.34. The highest BCUT2D eigenvalue weighted by atomic mass is 32.2. The summed E-state index contributed by atoms with van der Waals surface area (Å²) in [6.45, 7) is 5.17. The maximum Gasteiger partial charge on any atom is 0.0588 e. The van der Waals surface area contributed by atoms with E-state index in [0.717, 1.165) is 11.9 Å². The number of piperidine rings is 2. The maximum absolute atomic E-state index is 5.50. The number of rotatable bonds is 3. The van der Waals surface area contributed by atoms with E-state index in [1.807, 2.05) is 0 Å². The van der Waals surface area contributed by atoms with Gasteiger partial charge < -0.3 is 4.90 Å². The molecule has 2 aliphatic heterocycles. The van der Waals surface area contributed by atoms with Gasteiger partial charge >= 0.3 is 0 Å². The molecule has 3 nitrogen and oxygen atoms in total. The van der Waals surface area contributed by atoms with Crippen LogP contribution in [0.2, 0.25) is 0 Å². The molecule has 0 aliphatic carbocycles. The van der Waals surface area contributed by atoms with Gasteiger partial charge in [0.05, 0.1) is 5.88 Å². The van der Waals surface area contributed by atoms with E-state index in [-0.39, 0.29) is 0 Å². The Balaban J connectivity index is 1.72. The van der Waals surface area contributed by atoms with Crippen LogP contribution in [-0.4, -0.2) is 47.9 Å². The van der Waals surface area contributed by atoms with E-state index in [1.54, 1.807) is 0 Å². The summed E-state index contributed by atoms with van der Waals surface area (Å²) in [6.07, 6.45) is 6.97. The van der Waals surface area contributed by atoms with E-state index >= 15 is 0 Å². The molecule has 15 heavy (non-hydrogen) atoms. The summed E-state index contributed by atoms with van der Waals surface area (Å²) >= 11 is 1.46. The maximum atomic E-state index is 5.50. The number of hydrogen-bond acceptors (Lipinski definition) is 4. The Morgan fingerprint density at radius 1 is 1.00 bits per heavy atom. The van der Waals surface area contributed by atoms with E-state index in [1.165, 1.54) is 70.2 Å². The second kappa shape index (κ2) is 6.09. The lowest BCUT2D eigenvalue weighted by Crippen LogP contribution is -2.46. The van der Waals surface area contributed by atoms with Crippen LogP contribution in [0.4, 0.5) is 0 Å². The van der Waals surface area contributed by atoms with Gasteiger partial charge in [-0.25, -0.2) is 0 Å². The summed E-state index contributed by atoms with van der Waals surface area (Å²) in [5.41, 5.74) is 0. The number of likely N-dealkylation sites (tertiary alicyclic amines) is 2. The topological polar surface area (TPSA) is 32.5 Å². The highest BCUT2D eigenvalue weighted by Gasteiger charge is 2.24. The third-order valence-corrected chi connectivity index (χ3v) is 4.24. The normalized spacial score (nSPS) is 27.0. The Hall–Kier alpha value is 0.230. The molecule has 4 heteroatoms. The number of nitrogens with zero attached hydrogens (tertiary/aromatic N) is 2. The fourth-order valence-electron chi connectivity index (χ4n) is 2.80. The average Bonchev–Trinajstić information content (AvgIpc) is 2.32. The van der Waals surface area contributed by atoms with E-state index in [2.05, 4.69) is 9.80 Å². The van der Waals surface area contributed by atoms with Crippen molar-refractivity contribution in [3.63, 3.8) is 0 Å². The van der Waals surface area contributed by atoms with Gasteiger partial charge in [0.15, 0.2) is 0 Å². The van der Waals surface area contributed by atoms with E-state index in [0.29, 0.717) is 0 Å². The first-order valence-electron chi connectivity index (χ1n) is 6.18. The van der Waals surface area contributed by atoms with Gasteiger partial charge in [-0.3, -0.25) is 10.0 Å². The molecule has 0 unspecified atom stereocenters. The van der Waals surface area contributed by atoms with Crippen molar-refractivity contribution in [2.75, 3.05) is 32.1 Å². The first-order valence-corrected chi connectivity index (χ1v) is 7.23. The molecule has 0 aromatic carbocycles. The molecule has 2 aliphatic rings. The standard InChI is InChI=1S/C11H23N3S/c12-15-10-13-8-4-11(5-9-13)14-6-2-1-3-7-14/h11H,1-10,12H2. The van der Waals surface area contributed by atoms with Crippen LogP contribution in [0, 0.1) is 0 Å². The minimum Gasteiger partial charge on any atom is -0.300 e. The first-order chi connectivity index (χ1) is 7.40. The van der Waals surface area contributed by atoms with Crippen LogP contribution < -0.4 is 5.14 Å². The van der Waals surface area contributed by atoms with Crippen molar-refractivity contribution >= 4 is 11.9 Å². The lowest BCUT2D eigenvalue weighted by molar-refractivity contribution is 0.101. The molecule has 0 aromatic rings. The van der Waals surface area contributed by atoms with Crippen molar-refractivity contribution in [2.24, 2.45) is 5.14 Å². The van der Waals surface area contributed by atoms with E-state index in [9.17, 15) is 0 Å². The van der Waals surface area contributed by atoms with Crippen LogP contribution in [0.15, 0.2) is 0 Å². The zero-order chi connectivity index (χ0) is 10.5. The molecule has 0 spiro atoms. The lowest BCUT2D eigenvalue weighted by atomic mass is 10.0. The predicted octanol–water partition coefficient (Wildman–Crippen LogP) is 1.50. The second-order valence-corrected chi connectivity index (χ2v) is 5.33. The third-order valence-electron chi connectivity index (χ3n) is 3.72. The zero-order valence-electron chi connectivity index (χ0n) is 9.53. The second-order valence-electron chi connectivity index (χ2n) is 4.74. The predicted molar refractivity (Wildman–Crippen MR) is 66.7 cm³/mol. The van der Waals surface area contributed by atoms with Crippen molar-refractivity contribution in [2.45, 2.75) is 38.1 Å². The summed E-state index contributed by atoms with van der Waals surface area (Å²) in [5.74, 6) is 1.01. The number of hydrogen-bond donors (Lipinski definition) is 1. The van der Waals surface area contributed by atoms with Crippen LogP contribution in [0.25, 0.3) is 0 Å². The Kier molecular flexibility index (Phi) is 4.75. The fraction of sp³-hybridized carbons (Fsp3) is 1.00. The average molecular weight is 229 g/mol. The molecule has 2 fully saturated rings. The van der Waals surface area contributed by atoms with Gasteiger partial charge in [-0.2, -0.15) is 0 Å². The highest BCUT2D eigenvalue weighted by Crippen LogP contribution is 2.21. The Morgan fingerprint density at radius 3 is 2.27 bits per heavy atom. The number of nitrogens with two attached hydrogens (primary N) is 1. The van der Waals surface area contributed by atoms with Crippen molar-refractivity contribution < 1.29 is 0 Å². The van der Waals surface area contributed by atoms with Crippen molar-refractivity contribution in [3.8, 4) is 0 Å². The van der Waals surface area contributed by atoms with Crippen LogP contribution >= 0.6 is 11.9 Å². The quantitative estimate of drug-likeness (QED) is 0.744. The summed E-state index contributed by atoms with van der Waals surface area (Å²) < 4.78 is 0. The highest BCUT2D eigenvalue weighted by molar-refractivity contribution is 7.97. The molecule has 0 amide bonds. The summed E-state index contributed by atoms with van der Waals surface area (Å²) in [4.78, 5) is 5.20. The van der Waals surface area contributed by atoms with Crippen molar-refractivity contribution in [3.05, 3.63) is 0 Å². The van der Waals surface area contributed by atoms with E-state index < -0.39 is 0 Å². The first kappa shape index (κ1) is 11.7. The summed E-state index contributed by atoms with van der Waals surface area (Å²) in [7, 11) is 0. The molecule has 0 atom stereocenters. The molecule has 0 radical (unpaired) electrons. The smallest absolute Gasteiger partial charge is 0.0588 e. The minimum absolute atomic E-state index is 0.865. The van der Waals surface area contributed by atoms with Crippen LogP contribution in [0.3, 0.4) is 0 Å². The molecule has 2 N–H and O–H groups in total. The summed E-state index contributed by atoms with van der Waals surface area (Å²) in [6, 6.07) is 0.865. The molecule has 0 saturated carbocycles. The van der Waals surface area contributed by atoms with Gasteiger partial charge in [0.25, 0.3) is 0 Å². The van der Waals surface area contributed by atoms with Crippen molar-refractivity contribution in [1.82, 2.24) is 9.80 Å². The summed E-state index contributed by atoms with van der Waals surface area (Å²) in [5, 5.41) is 5.50. The SMILES string of the molecule is NSCN1CCC(N2CCCCC2)CC1. The zero-order valence-corrected chi connectivity index (χ0v) is 10.3. The molecule has 2 rings (SSSR count). The molecule has 0 bridgehead atoms. The molecular weight excluding hydrogens is 206 g/mol. The van der Waals surface area contributed by atoms with Gasteiger partial charge in [0, 0.05) is 19.1 Å². The largest absolute Gasteiger partial charge is 0.300 e. The fourth-order valence-corrected chi connectivity index (χ4v) is 3.27. The van der Waals surface area contributed by atoms with Gasteiger partial charge in [-0.1, -0.05) is 18.4 Å². The molecular formula is C11H23N3S. The van der Waals surface area contributed by atoms with Gasteiger partial charge in [0.1, 0.15) is 0 Å². The molecule has 88 valence electrons. The van der Waals surface area contributed by atoms with Crippen LogP contribution in [0.5, 0.6) is 0 Å². The lowest BCUT2D eigenvalue weighted by Gasteiger charge is -2.39. The van der Waals surface area contributed by atoms with Gasteiger partial charge in [-0.05, 0) is 38.8 Å². The van der Waals surface area contributed by atoms with Crippen molar-refractivity contribution in [1.29, 1.82) is 0 Å². The molecule has 2 heterocycles. The Labute approximate surface area is 97.5 Å². The monoisotopic (exact) mass is 229 g/mol. The molecule has 0 aromatic heterocycles. The van der Waals surface area contributed by atoms with Crippen LogP contribution in [0.1, 0.15) is 32.1 Å².